The van der Waals surface area contributed by atoms with Gasteiger partial charge < -0.3 is 16.0 Å². The lowest BCUT2D eigenvalue weighted by Crippen LogP contribution is -2.36. The van der Waals surface area contributed by atoms with Gasteiger partial charge in [0.15, 0.2) is 0 Å². The minimum atomic E-state index is -0.0736. The van der Waals surface area contributed by atoms with Gasteiger partial charge in [-0.15, -0.1) is 11.3 Å². The number of amides is 2. The van der Waals surface area contributed by atoms with Gasteiger partial charge in [-0.25, -0.2) is 0 Å². The third-order valence-corrected chi connectivity index (χ3v) is 4.68. The van der Waals surface area contributed by atoms with Crippen molar-refractivity contribution in [2.75, 3.05) is 13.1 Å². The lowest BCUT2D eigenvalue weighted by Gasteiger charge is -2.11. The maximum absolute atomic E-state index is 12.1. The molecule has 5 nitrogen and oxygen atoms in total. The van der Waals surface area contributed by atoms with Gasteiger partial charge in [0.1, 0.15) is 0 Å². The minimum absolute atomic E-state index is 0.0483. The molecule has 2 amide bonds. The molecule has 1 aliphatic heterocycles. The van der Waals surface area contributed by atoms with E-state index in [4.69, 9.17) is 0 Å². The van der Waals surface area contributed by atoms with Crippen LogP contribution in [0.2, 0.25) is 0 Å². The highest BCUT2D eigenvalue weighted by molar-refractivity contribution is 7.12. The Balaban J connectivity index is 1.52. The van der Waals surface area contributed by atoms with Gasteiger partial charge in [-0.05, 0) is 42.1 Å². The summed E-state index contributed by atoms with van der Waals surface area (Å²) in [5.74, 6) is -0.122. The summed E-state index contributed by atoms with van der Waals surface area (Å²) in [7, 11) is 0. The molecule has 1 saturated heterocycles. The van der Waals surface area contributed by atoms with Gasteiger partial charge in [-0.3, -0.25) is 9.59 Å². The topological polar surface area (TPSA) is 70.2 Å². The second-order valence-electron chi connectivity index (χ2n) is 5.52. The number of carbonyl (C=O) groups is 2. The smallest absolute Gasteiger partial charge is 0.261 e. The van der Waals surface area contributed by atoms with Crippen molar-refractivity contribution in [3.8, 4) is 0 Å². The molecule has 2 heterocycles. The molecule has 0 aliphatic carbocycles. The molecule has 1 aromatic heterocycles. The van der Waals surface area contributed by atoms with Gasteiger partial charge in [0, 0.05) is 24.7 Å². The zero-order valence-electron chi connectivity index (χ0n) is 12.7. The molecule has 3 rings (SSSR count). The van der Waals surface area contributed by atoms with Crippen LogP contribution in [0.15, 0.2) is 41.8 Å². The summed E-state index contributed by atoms with van der Waals surface area (Å²) in [6, 6.07) is 11.2. The van der Waals surface area contributed by atoms with Crippen molar-refractivity contribution in [2.24, 2.45) is 0 Å². The van der Waals surface area contributed by atoms with Crippen LogP contribution in [0.1, 0.15) is 32.0 Å². The molecule has 23 heavy (non-hydrogen) atoms. The molecule has 6 heteroatoms. The van der Waals surface area contributed by atoms with E-state index in [-0.39, 0.29) is 17.9 Å². The van der Waals surface area contributed by atoms with Crippen molar-refractivity contribution in [3.63, 3.8) is 0 Å². The van der Waals surface area contributed by atoms with Gasteiger partial charge >= 0.3 is 0 Å². The zero-order valence-corrected chi connectivity index (χ0v) is 13.5. The van der Waals surface area contributed by atoms with Crippen LogP contribution in [-0.4, -0.2) is 30.9 Å². The van der Waals surface area contributed by atoms with E-state index in [1.54, 1.807) is 18.2 Å². The molecule has 1 aromatic carbocycles. The van der Waals surface area contributed by atoms with Crippen molar-refractivity contribution >= 4 is 23.2 Å². The molecule has 1 aliphatic rings. The van der Waals surface area contributed by atoms with E-state index in [0.717, 1.165) is 25.1 Å². The lowest BCUT2D eigenvalue weighted by atomic mass is 10.1. The van der Waals surface area contributed by atoms with E-state index in [2.05, 4.69) is 16.0 Å². The summed E-state index contributed by atoms with van der Waals surface area (Å²) in [6.45, 7) is 2.23. The Hall–Kier alpha value is -2.18. The summed E-state index contributed by atoms with van der Waals surface area (Å²) in [5.41, 5.74) is 1.61. The third kappa shape index (κ3) is 4.18. The first-order valence-corrected chi connectivity index (χ1v) is 8.52. The Labute approximate surface area is 139 Å². The van der Waals surface area contributed by atoms with Gasteiger partial charge in [0.25, 0.3) is 11.8 Å². The number of hydrogen-bond donors (Lipinski definition) is 3. The van der Waals surface area contributed by atoms with Crippen LogP contribution in [0.4, 0.5) is 0 Å². The summed E-state index contributed by atoms with van der Waals surface area (Å²) in [4.78, 5) is 24.7. The largest absolute Gasteiger partial charge is 0.348 e. The van der Waals surface area contributed by atoms with Crippen LogP contribution < -0.4 is 16.0 Å². The summed E-state index contributed by atoms with van der Waals surface area (Å²) < 4.78 is 0. The Morgan fingerprint density at radius 2 is 2.00 bits per heavy atom. The highest BCUT2D eigenvalue weighted by atomic mass is 32.1. The fourth-order valence-corrected chi connectivity index (χ4v) is 3.14. The molecule has 3 N–H and O–H groups in total. The van der Waals surface area contributed by atoms with Crippen LogP contribution >= 0.6 is 11.3 Å². The van der Waals surface area contributed by atoms with Gasteiger partial charge in [0.05, 0.1) is 4.88 Å². The SMILES string of the molecule is O=C(NC1CCNC1)c1ccc(CNC(=O)c2cccs2)cc1. The van der Waals surface area contributed by atoms with Crippen LogP contribution in [0.25, 0.3) is 0 Å². The molecule has 2 aromatic rings. The van der Waals surface area contributed by atoms with Crippen LogP contribution in [0.3, 0.4) is 0 Å². The average Bonchev–Trinajstić information content (AvgIpc) is 3.26. The highest BCUT2D eigenvalue weighted by Crippen LogP contribution is 2.09. The molecule has 1 unspecified atom stereocenters. The number of rotatable bonds is 5. The molecule has 0 saturated carbocycles. The Morgan fingerprint density at radius 3 is 2.65 bits per heavy atom. The van der Waals surface area contributed by atoms with E-state index in [0.29, 0.717) is 17.0 Å². The van der Waals surface area contributed by atoms with Crippen molar-refractivity contribution < 1.29 is 9.59 Å². The van der Waals surface area contributed by atoms with E-state index in [1.807, 2.05) is 23.6 Å². The molecule has 0 bridgehead atoms. The Kier molecular flexibility index (Phi) is 5.05. The van der Waals surface area contributed by atoms with Gasteiger partial charge in [0.2, 0.25) is 0 Å². The third-order valence-electron chi connectivity index (χ3n) is 3.81. The second-order valence-corrected chi connectivity index (χ2v) is 6.47. The molecule has 0 spiro atoms. The van der Waals surface area contributed by atoms with E-state index >= 15 is 0 Å². The first-order valence-electron chi connectivity index (χ1n) is 7.64. The van der Waals surface area contributed by atoms with Crippen molar-refractivity contribution in [3.05, 3.63) is 57.8 Å². The predicted octanol–water partition coefficient (Wildman–Crippen LogP) is 1.77. The molecule has 1 atom stereocenters. The number of thiophene rings is 1. The number of nitrogens with one attached hydrogen (secondary N) is 3. The molecular weight excluding hydrogens is 310 g/mol. The monoisotopic (exact) mass is 329 g/mol. The van der Waals surface area contributed by atoms with Crippen LogP contribution in [0, 0.1) is 0 Å². The van der Waals surface area contributed by atoms with E-state index in [1.165, 1.54) is 11.3 Å². The van der Waals surface area contributed by atoms with Gasteiger partial charge in [-0.2, -0.15) is 0 Å². The quantitative estimate of drug-likeness (QED) is 0.783. The van der Waals surface area contributed by atoms with Crippen molar-refractivity contribution in [1.29, 1.82) is 0 Å². The average molecular weight is 329 g/mol. The maximum Gasteiger partial charge on any atom is 0.261 e. The lowest BCUT2D eigenvalue weighted by molar-refractivity contribution is 0.0935. The van der Waals surface area contributed by atoms with Crippen LogP contribution in [-0.2, 0) is 6.54 Å². The van der Waals surface area contributed by atoms with Crippen molar-refractivity contribution in [1.82, 2.24) is 16.0 Å². The van der Waals surface area contributed by atoms with E-state index < -0.39 is 0 Å². The highest BCUT2D eigenvalue weighted by Gasteiger charge is 2.17. The number of carbonyl (C=O) groups excluding carboxylic acids is 2. The van der Waals surface area contributed by atoms with Gasteiger partial charge in [-0.1, -0.05) is 18.2 Å². The molecule has 0 radical (unpaired) electrons. The van der Waals surface area contributed by atoms with E-state index in [9.17, 15) is 9.59 Å². The zero-order chi connectivity index (χ0) is 16.1. The first kappa shape index (κ1) is 15.7. The standard InChI is InChI=1S/C17H19N3O2S/c21-16(20-14-7-8-18-11-14)13-5-3-12(4-6-13)10-19-17(22)15-2-1-9-23-15/h1-6,9,14,18H,7-8,10-11H2,(H,19,22)(H,20,21). The maximum atomic E-state index is 12.1. The summed E-state index contributed by atoms with van der Waals surface area (Å²) in [5, 5.41) is 11.0. The Bertz CT molecular complexity index is 662. The second kappa shape index (κ2) is 7.39. The number of hydrogen-bond acceptors (Lipinski definition) is 4. The van der Waals surface area contributed by atoms with Crippen LogP contribution in [0.5, 0.6) is 0 Å². The predicted molar refractivity (Wildman–Crippen MR) is 90.7 cm³/mol. The summed E-state index contributed by atoms with van der Waals surface area (Å²) >= 11 is 1.42. The Morgan fingerprint density at radius 1 is 1.17 bits per heavy atom. The molecular formula is C17H19N3O2S. The fraction of sp³-hybridized carbons (Fsp3) is 0.294. The number of benzene rings is 1. The fourth-order valence-electron chi connectivity index (χ4n) is 2.50. The first-order chi connectivity index (χ1) is 11.2. The molecule has 120 valence electrons. The normalized spacial score (nSPS) is 17.0. The molecule has 1 fully saturated rings. The minimum Gasteiger partial charge on any atom is -0.348 e. The van der Waals surface area contributed by atoms with Crippen molar-refractivity contribution in [2.45, 2.75) is 19.0 Å². The summed E-state index contributed by atoms with van der Waals surface area (Å²) in [6.07, 6.45) is 0.971.